The molecule has 0 aliphatic carbocycles. The van der Waals surface area contributed by atoms with Crippen molar-refractivity contribution in [3.8, 4) is 0 Å². The lowest BCUT2D eigenvalue weighted by Gasteiger charge is -2.30. The van der Waals surface area contributed by atoms with Crippen LogP contribution in [0.4, 0.5) is 11.4 Å². The third-order valence-corrected chi connectivity index (χ3v) is 4.29. The normalized spacial score (nSPS) is 15.2. The van der Waals surface area contributed by atoms with E-state index >= 15 is 0 Å². The van der Waals surface area contributed by atoms with Crippen LogP contribution in [0.1, 0.15) is 4.88 Å². The molecule has 0 bridgehead atoms. The third kappa shape index (κ3) is 3.75. The van der Waals surface area contributed by atoms with Gasteiger partial charge >= 0.3 is 0 Å². The van der Waals surface area contributed by atoms with Crippen LogP contribution in [0.5, 0.6) is 0 Å². The van der Waals surface area contributed by atoms with Gasteiger partial charge in [0.2, 0.25) is 5.91 Å². The van der Waals surface area contributed by atoms with E-state index in [9.17, 15) is 4.79 Å². The number of carbonyl (C=O) groups excluding carboxylic acids is 1. The van der Waals surface area contributed by atoms with Crippen LogP contribution in [-0.2, 0) is 9.53 Å². The number of carbonyl (C=O) groups is 1. The summed E-state index contributed by atoms with van der Waals surface area (Å²) in [6.45, 7) is 3.14. The molecule has 0 unspecified atom stereocenters. The molecule has 1 aromatic carbocycles. The standard InChI is InChI=1S/C17H18N2O2S/c20-17(8-7-14-4-3-13-22-14)18-15-5-1-2-6-16(15)19-9-11-21-12-10-19/h1-8,13H,9-12H2,(H,18,20). The summed E-state index contributed by atoms with van der Waals surface area (Å²) in [6.07, 6.45) is 3.40. The van der Waals surface area contributed by atoms with Gasteiger partial charge in [-0.2, -0.15) is 0 Å². The van der Waals surface area contributed by atoms with Gasteiger partial charge in [-0.05, 0) is 29.7 Å². The highest BCUT2D eigenvalue weighted by Gasteiger charge is 2.14. The number of morpholine rings is 1. The molecule has 1 aliphatic heterocycles. The van der Waals surface area contributed by atoms with Crippen LogP contribution in [0.15, 0.2) is 47.9 Å². The second-order valence-corrected chi connectivity index (χ2v) is 5.93. The summed E-state index contributed by atoms with van der Waals surface area (Å²) in [5.74, 6) is -0.117. The fraction of sp³-hybridized carbons (Fsp3) is 0.235. The minimum Gasteiger partial charge on any atom is -0.378 e. The SMILES string of the molecule is O=C(C=Cc1cccs1)Nc1ccccc1N1CCOCC1. The van der Waals surface area contributed by atoms with Crippen molar-refractivity contribution in [1.82, 2.24) is 0 Å². The number of amides is 1. The number of para-hydroxylation sites is 2. The number of anilines is 2. The molecular weight excluding hydrogens is 296 g/mol. The Labute approximate surface area is 134 Å². The van der Waals surface area contributed by atoms with Gasteiger partial charge in [0.1, 0.15) is 0 Å². The van der Waals surface area contributed by atoms with Crippen LogP contribution >= 0.6 is 11.3 Å². The van der Waals surface area contributed by atoms with E-state index in [1.807, 2.05) is 47.9 Å². The summed E-state index contributed by atoms with van der Waals surface area (Å²) in [5.41, 5.74) is 1.88. The van der Waals surface area contributed by atoms with Crippen molar-refractivity contribution in [2.75, 3.05) is 36.5 Å². The first-order chi connectivity index (χ1) is 10.8. The quantitative estimate of drug-likeness (QED) is 0.881. The number of benzene rings is 1. The van der Waals surface area contributed by atoms with Crippen molar-refractivity contribution in [3.05, 3.63) is 52.7 Å². The van der Waals surface area contributed by atoms with Crippen LogP contribution in [-0.4, -0.2) is 32.2 Å². The molecule has 1 aliphatic rings. The van der Waals surface area contributed by atoms with Gasteiger partial charge in [0.25, 0.3) is 0 Å². The molecule has 114 valence electrons. The van der Waals surface area contributed by atoms with Gasteiger partial charge in [-0.3, -0.25) is 4.79 Å². The molecule has 1 saturated heterocycles. The van der Waals surface area contributed by atoms with Crippen LogP contribution in [0, 0.1) is 0 Å². The van der Waals surface area contributed by atoms with Crippen LogP contribution in [0.3, 0.4) is 0 Å². The molecule has 3 rings (SSSR count). The lowest BCUT2D eigenvalue weighted by atomic mass is 10.2. The molecular formula is C17H18N2O2S. The molecule has 0 saturated carbocycles. The minimum atomic E-state index is -0.117. The highest BCUT2D eigenvalue weighted by Crippen LogP contribution is 2.26. The highest BCUT2D eigenvalue weighted by molar-refractivity contribution is 7.10. The third-order valence-electron chi connectivity index (χ3n) is 3.46. The van der Waals surface area contributed by atoms with Crippen LogP contribution in [0.25, 0.3) is 6.08 Å². The van der Waals surface area contributed by atoms with E-state index in [0.717, 1.165) is 42.6 Å². The number of hydrogen-bond acceptors (Lipinski definition) is 4. The van der Waals surface area contributed by atoms with E-state index in [2.05, 4.69) is 10.2 Å². The smallest absolute Gasteiger partial charge is 0.248 e. The molecule has 1 fully saturated rings. The van der Waals surface area contributed by atoms with Crippen molar-refractivity contribution in [2.24, 2.45) is 0 Å². The molecule has 1 N–H and O–H groups in total. The first kappa shape index (κ1) is 14.8. The Bertz CT molecular complexity index is 646. The fourth-order valence-corrected chi connectivity index (χ4v) is 3.00. The summed E-state index contributed by atoms with van der Waals surface area (Å²) >= 11 is 1.61. The Balaban J connectivity index is 1.70. The first-order valence-electron chi connectivity index (χ1n) is 7.27. The topological polar surface area (TPSA) is 41.6 Å². The Hall–Kier alpha value is -2.11. The summed E-state index contributed by atoms with van der Waals surface area (Å²) in [6, 6.07) is 11.8. The van der Waals surface area contributed by atoms with Crippen LogP contribution in [0.2, 0.25) is 0 Å². The van der Waals surface area contributed by atoms with Crippen molar-refractivity contribution >= 4 is 34.7 Å². The lowest BCUT2D eigenvalue weighted by molar-refractivity contribution is -0.111. The average molecular weight is 314 g/mol. The Morgan fingerprint density at radius 1 is 1.18 bits per heavy atom. The van der Waals surface area contributed by atoms with E-state index in [-0.39, 0.29) is 5.91 Å². The molecule has 22 heavy (non-hydrogen) atoms. The zero-order chi connectivity index (χ0) is 15.2. The number of hydrogen-bond donors (Lipinski definition) is 1. The highest BCUT2D eigenvalue weighted by atomic mass is 32.1. The molecule has 0 radical (unpaired) electrons. The van der Waals surface area contributed by atoms with E-state index in [4.69, 9.17) is 4.74 Å². The number of nitrogens with one attached hydrogen (secondary N) is 1. The molecule has 0 atom stereocenters. The van der Waals surface area contributed by atoms with Crippen molar-refractivity contribution in [2.45, 2.75) is 0 Å². The van der Waals surface area contributed by atoms with Crippen molar-refractivity contribution in [1.29, 1.82) is 0 Å². The summed E-state index contributed by atoms with van der Waals surface area (Å²) in [5, 5.41) is 4.96. The Kier molecular flexibility index (Phi) is 4.88. The van der Waals surface area contributed by atoms with Gasteiger partial charge in [-0.15, -0.1) is 11.3 Å². The largest absolute Gasteiger partial charge is 0.378 e. The monoisotopic (exact) mass is 314 g/mol. The second kappa shape index (κ2) is 7.24. The van der Waals surface area contributed by atoms with Gasteiger partial charge < -0.3 is 15.0 Å². The average Bonchev–Trinajstić information content (AvgIpc) is 3.08. The van der Waals surface area contributed by atoms with E-state index in [1.54, 1.807) is 17.4 Å². The molecule has 2 heterocycles. The molecule has 2 aromatic rings. The molecule has 4 nitrogen and oxygen atoms in total. The number of thiophene rings is 1. The van der Waals surface area contributed by atoms with Gasteiger partial charge in [-0.1, -0.05) is 18.2 Å². The molecule has 1 aromatic heterocycles. The van der Waals surface area contributed by atoms with E-state index in [1.165, 1.54) is 0 Å². The maximum absolute atomic E-state index is 12.1. The van der Waals surface area contributed by atoms with Gasteiger partial charge in [0, 0.05) is 24.0 Å². The van der Waals surface area contributed by atoms with Gasteiger partial charge in [-0.25, -0.2) is 0 Å². The summed E-state index contributed by atoms with van der Waals surface area (Å²) < 4.78 is 5.38. The van der Waals surface area contributed by atoms with E-state index < -0.39 is 0 Å². The molecule has 1 amide bonds. The predicted octanol–water partition coefficient (Wildman–Crippen LogP) is 3.24. The zero-order valence-corrected chi connectivity index (χ0v) is 13.0. The maximum Gasteiger partial charge on any atom is 0.248 e. The second-order valence-electron chi connectivity index (χ2n) is 4.95. The number of nitrogens with zero attached hydrogens (tertiary/aromatic N) is 1. The van der Waals surface area contributed by atoms with Crippen molar-refractivity contribution in [3.63, 3.8) is 0 Å². The Morgan fingerprint density at radius 3 is 2.77 bits per heavy atom. The zero-order valence-electron chi connectivity index (χ0n) is 12.2. The lowest BCUT2D eigenvalue weighted by Crippen LogP contribution is -2.36. The van der Waals surface area contributed by atoms with Crippen molar-refractivity contribution < 1.29 is 9.53 Å². The van der Waals surface area contributed by atoms with Crippen LogP contribution < -0.4 is 10.2 Å². The van der Waals surface area contributed by atoms with Gasteiger partial charge in [0.05, 0.1) is 24.6 Å². The number of rotatable bonds is 4. The molecule has 0 spiro atoms. The Morgan fingerprint density at radius 2 is 2.00 bits per heavy atom. The van der Waals surface area contributed by atoms with E-state index in [0.29, 0.717) is 0 Å². The maximum atomic E-state index is 12.1. The first-order valence-corrected chi connectivity index (χ1v) is 8.15. The van der Waals surface area contributed by atoms with Gasteiger partial charge in [0.15, 0.2) is 0 Å². The summed E-state index contributed by atoms with van der Waals surface area (Å²) in [7, 11) is 0. The minimum absolute atomic E-state index is 0.117. The summed E-state index contributed by atoms with van der Waals surface area (Å²) in [4.78, 5) is 15.4. The fourth-order valence-electron chi connectivity index (χ4n) is 2.38. The predicted molar refractivity (Wildman–Crippen MR) is 91.5 cm³/mol. The molecule has 5 heteroatoms. The number of ether oxygens (including phenoxy) is 1.